The largest absolute Gasteiger partial charge is 0.379 e. The molecule has 3 rings (SSSR count). The van der Waals surface area contributed by atoms with Gasteiger partial charge in [-0.05, 0) is 18.3 Å². The summed E-state index contributed by atoms with van der Waals surface area (Å²) in [5.41, 5.74) is 1.02. The molecule has 128 valence electrons. The van der Waals surface area contributed by atoms with Gasteiger partial charge in [-0.3, -0.25) is 9.48 Å². The van der Waals surface area contributed by atoms with E-state index >= 15 is 0 Å². The highest BCUT2D eigenvalue weighted by atomic mass is 16.5. The maximum absolute atomic E-state index is 12.3. The topological polar surface area (TPSA) is 59.4 Å². The number of carbonyl (C=O) groups excluding carboxylic acids is 1. The lowest BCUT2D eigenvalue weighted by molar-refractivity contribution is -0.136. The Bertz CT molecular complexity index is 524. The number of morpholine rings is 1. The molecule has 1 aromatic rings. The predicted molar refractivity (Wildman–Crippen MR) is 89.2 cm³/mol. The summed E-state index contributed by atoms with van der Waals surface area (Å²) >= 11 is 0. The van der Waals surface area contributed by atoms with Crippen LogP contribution in [0.3, 0.4) is 0 Å². The Hall–Kier alpha value is -1.56. The first-order chi connectivity index (χ1) is 11.1. The minimum absolute atomic E-state index is 0.114. The SMILES string of the molecule is C[C@H]1[C@H](C)CCC[C@@H]1Nc1cnn(CC(=O)N2CCOCC2)c1. The summed E-state index contributed by atoms with van der Waals surface area (Å²) in [6, 6.07) is 0.506. The molecule has 0 bridgehead atoms. The van der Waals surface area contributed by atoms with Crippen molar-refractivity contribution >= 4 is 11.6 Å². The molecule has 1 aliphatic heterocycles. The van der Waals surface area contributed by atoms with Crippen molar-refractivity contribution in [2.24, 2.45) is 11.8 Å². The standard InChI is InChI=1S/C17H28N4O2/c1-13-4-3-5-16(14(13)2)19-15-10-18-21(11-15)12-17(22)20-6-8-23-9-7-20/h10-11,13-14,16,19H,3-9,12H2,1-2H3/t13-,14+,16+/m1/s1. The van der Waals surface area contributed by atoms with E-state index < -0.39 is 0 Å². The normalized spacial score (nSPS) is 28.6. The van der Waals surface area contributed by atoms with E-state index in [0.29, 0.717) is 44.8 Å². The summed E-state index contributed by atoms with van der Waals surface area (Å²) in [7, 11) is 0. The summed E-state index contributed by atoms with van der Waals surface area (Å²) in [5, 5.41) is 7.94. The van der Waals surface area contributed by atoms with Gasteiger partial charge in [0.05, 0.1) is 25.1 Å². The van der Waals surface area contributed by atoms with Crippen molar-refractivity contribution < 1.29 is 9.53 Å². The molecule has 1 aliphatic carbocycles. The third-order valence-corrected chi connectivity index (χ3v) is 5.35. The van der Waals surface area contributed by atoms with E-state index in [1.165, 1.54) is 19.3 Å². The molecular weight excluding hydrogens is 292 g/mol. The smallest absolute Gasteiger partial charge is 0.244 e. The fraction of sp³-hybridized carbons (Fsp3) is 0.765. The molecule has 1 saturated heterocycles. The maximum Gasteiger partial charge on any atom is 0.244 e. The van der Waals surface area contributed by atoms with E-state index in [1.807, 2.05) is 17.3 Å². The Labute approximate surface area is 138 Å². The van der Waals surface area contributed by atoms with Crippen molar-refractivity contribution in [3.63, 3.8) is 0 Å². The van der Waals surface area contributed by atoms with Crippen LogP contribution < -0.4 is 5.32 Å². The van der Waals surface area contributed by atoms with Crippen molar-refractivity contribution in [1.82, 2.24) is 14.7 Å². The molecular formula is C17H28N4O2. The average molecular weight is 320 g/mol. The highest BCUT2D eigenvalue weighted by Crippen LogP contribution is 2.31. The van der Waals surface area contributed by atoms with E-state index in [2.05, 4.69) is 24.3 Å². The third-order valence-electron chi connectivity index (χ3n) is 5.35. The second-order valence-electron chi connectivity index (χ2n) is 6.94. The molecule has 0 unspecified atom stereocenters. The molecule has 0 aromatic carbocycles. The Kier molecular flexibility index (Phi) is 5.20. The number of carbonyl (C=O) groups is 1. The van der Waals surface area contributed by atoms with Crippen molar-refractivity contribution in [3.05, 3.63) is 12.4 Å². The number of anilines is 1. The predicted octanol–water partition coefficient (Wildman–Crippen LogP) is 1.98. The zero-order valence-corrected chi connectivity index (χ0v) is 14.2. The van der Waals surface area contributed by atoms with Gasteiger partial charge in [0.25, 0.3) is 0 Å². The van der Waals surface area contributed by atoms with Crippen LogP contribution in [0.25, 0.3) is 0 Å². The van der Waals surface area contributed by atoms with Crippen molar-refractivity contribution in [1.29, 1.82) is 0 Å². The Balaban J connectivity index is 1.54. The van der Waals surface area contributed by atoms with Gasteiger partial charge in [0, 0.05) is 25.3 Å². The second kappa shape index (κ2) is 7.34. The van der Waals surface area contributed by atoms with Crippen molar-refractivity contribution in [2.45, 2.75) is 45.7 Å². The van der Waals surface area contributed by atoms with Gasteiger partial charge in [-0.1, -0.05) is 26.7 Å². The number of hydrogen-bond donors (Lipinski definition) is 1. The average Bonchev–Trinajstić information content (AvgIpc) is 3.00. The molecule has 1 aromatic heterocycles. The fourth-order valence-corrected chi connectivity index (χ4v) is 3.58. The number of ether oxygens (including phenoxy) is 1. The maximum atomic E-state index is 12.3. The van der Waals surface area contributed by atoms with Gasteiger partial charge in [-0.25, -0.2) is 0 Å². The van der Waals surface area contributed by atoms with Gasteiger partial charge < -0.3 is 15.0 Å². The quantitative estimate of drug-likeness (QED) is 0.921. The molecule has 0 radical (unpaired) electrons. The summed E-state index contributed by atoms with van der Waals surface area (Å²) in [6.45, 7) is 7.60. The van der Waals surface area contributed by atoms with Crippen LogP contribution in [-0.2, 0) is 16.1 Å². The van der Waals surface area contributed by atoms with Gasteiger partial charge >= 0.3 is 0 Å². The fourth-order valence-electron chi connectivity index (χ4n) is 3.58. The van der Waals surface area contributed by atoms with Gasteiger partial charge in [-0.2, -0.15) is 5.10 Å². The van der Waals surface area contributed by atoms with Crippen LogP contribution in [0.15, 0.2) is 12.4 Å². The lowest BCUT2D eigenvalue weighted by Crippen LogP contribution is -2.42. The van der Waals surface area contributed by atoms with E-state index in [-0.39, 0.29) is 5.91 Å². The van der Waals surface area contributed by atoms with Crippen molar-refractivity contribution in [2.75, 3.05) is 31.6 Å². The summed E-state index contributed by atoms with van der Waals surface area (Å²) in [4.78, 5) is 14.1. The van der Waals surface area contributed by atoms with E-state index in [0.717, 1.165) is 11.6 Å². The van der Waals surface area contributed by atoms with Gasteiger partial charge in [0.1, 0.15) is 6.54 Å². The van der Waals surface area contributed by atoms with Gasteiger partial charge in [-0.15, -0.1) is 0 Å². The minimum Gasteiger partial charge on any atom is -0.379 e. The zero-order valence-electron chi connectivity index (χ0n) is 14.2. The van der Waals surface area contributed by atoms with Crippen LogP contribution >= 0.6 is 0 Å². The number of rotatable bonds is 4. The molecule has 1 saturated carbocycles. The van der Waals surface area contributed by atoms with E-state index in [1.54, 1.807) is 4.68 Å². The van der Waals surface area contributed by atoms with E-state index in [9.17, 15) is 4.79 Å². The molecule has 0 spiro atoms. The zero-order chi connectivity index (χ0) is 16.2. The highest BCUT2D eigenvalue weighted by Gasteiger charge is 2.27. The lowest BCUT2D eigenvalue weighted by atomic mass is 9.78. The highest BCUT2D eigenvalue weighted by molar-refractivity contribution is 5.76. The van der Waals surface area contributed by atoms with E-state index in [4.69, 9.17) is 4.74 Å². The number of nitrogens with one attached hydrogen (secondary N) is 1. The molecule has 3 atom stereocenters. The second-order valence-corrected chi connectivity index (χ2v) is 6.94. The van der Waals surface area contributed by atoms with Crippen LogP contribution in [0.2, 0.25) is 0 Å². The molecule has 1 amide bonds. The van der Waals surface area contributed by atoms with Crippen LogP contribution in [-0.4, -0.2) is 52.9 Å². The number of hydrogen-bond acceptors (Lipinski definition) is 4. The number of amides is 1. The third kappa shape index (κ3) is 4.05. The Morgan fingerprint density at radius 3 is 2.91 bits per heavy atom. The van der Waals surface area contributed by atoms with Gasteiger partial charge in [0.2, 0.25) is 5.91 Å². The van der Waals surface area contributed by atoms with Crippen LogP contribution in [0.1, 0.15) is 33.1 Å². The summed E-state index contributed by atoms with van der Waals surface area (Å²) in [5.74, 6) is 1.55. The summed E-state index contributed by atoms with van der Waals surface area (Å²) in [6.07, 6.45) is 7.60. The number of nitrogens with zero attached hydrogens (tertiary/aromatic N) is 3. The first-order valence-corrected chi connectivity index (χ1v) is 8.78. The first kappa shape index (κ1) is 16.3. The first-order valence-electron chi connectivity index (χ1n) is 8.78. The number of aromatic nitrogens is 2. The molecule has 2 heterocycles. The molecule has 6 nitrogen and oxygen atoms in total. The molecule has 2 aliphatic rings. The molecule has 2 fully saturated rings. The van der Waals surface area contributed by atoms with Crippen LogP contribution in [0.4, 0.5) is 5.69 Å². The van der Waals surface area contributed by atoms with Gasteiger partial charge in [0.15, 0.2) is 0 Å². The molecule has 1 N–H and O–H groups in total. The molecule has 23 heavy (non-hydrogen) atoms. The Morgan fingerprint density at radius 1 is 1.35 bits per heavy atom. The molecule has 6 heteroatoms. The Morgan fingerprint density at radius 2 is 2.13 bits per heavy atom. The monoisotopic (exact) mass is 320 g/mol. The minimum atomic E-state index is 0.114. The van der Waals surface area contributed by atoms with Crippen LogP contribution in [0, 0.1) is 11.8 Å². The summed E-state index contributed by atoms with van der Waals surface area (Å²) < 4.78 is 7.01. The van der Waals surface area contributed by atoms with Crippen LogP contribution in [0.5, 0.6) is 0 Å². The van der Waals surface area contributed by atoms with Crippen molar-refractivity contribution in [3.8, 4) is 0 Å². The lowest BCUT2D eigenvalue weighted by Gasteiger charge is -2.34.